The van der Waals surface area contributed by atoms with Crippen LogP contribution >= 0.6 is 11.6 Å². The molecule has 2 amide bonds. The average molecular weight is 570 g/mol. The molecule has 3 aromatic rings. The Labute approximate surface area is 236 Å². The molecule has 3 aromatic carbocycles. The van der Waals surface area contributed by atoms with Crippen molar-refractivity contribution in [1.29, 1.82) is 0 Å². The zero-order valence-electron chi connectivity index (χ0n) is 22.8. The standard InChI is InChI=1S/C30H36ClN3O4S/c1-5-28(30(36)32-19-22(2)3)33(20-24-16-14-23(4)15-17-24)29(35)21-34(26-11-9-10-25(31)18-26)39(37,38)27-12-7-6-8-13-27/h6-18,22,28H,5,19-21H2,1-4H3,(H,32,36)/t28-/m0/s1. The van der Waals surface area contributed by atoms with Gasteiger partial charge in [-0.3, -0.25) is 13.9 Å². The third-order valence-corrected chi connectivity index (χ3v) is 8.27. The highest BCUT2D eigenvalue weighted by Crippen LogP contribution is 2.27. The number of hydrogen-bond donors (Lipinski definition) is 1. The zero-order valence-corrected chi connectivity index (χ0v) is 24.4. The lowest BCUT2D eigenvalue weighted by atomic mass is 10.1. The Bertz CT molecular complexity index is 1360. The monoisotopic (exact) mass is 569 g/mol. The molecule has 0 unspecified atom stereocenters. The van der Waals surface area contributed by atoms with Crippen LogP contribution in [0, 0.1) is 12.8 Å². The lowest BCUT2D eigenvalue weighted by molar-refractivity contribution is -0.140. The molecular weight excluding hydrogens is 534 g/mol. The van der Waals surface area contributed by atoms with E-state index in [1.54, 1.807) is 36.4 Å². The molecule has 0 aromatic heterocycles. The molecule has 208 valence electrons. The van der Waals surface area contributed by atoms with Gasteiger partial charge in [0.1, 0.15) is 12.6 Å². The molecule has 39 heavy (non-hydrogen) atoms. The lowest BCUT2D eigenvalue weighted by Crippen LogP contribution is -2.52. The Morgan fingerprint density at radius 1 is 0.949 bits per heavy atom. The van der Waals surface area contributed by atoms with Crippen molar-refractivity contribution < 1.29 is 18.0 Å². The minimum Gasteiger partial charge on any atom is -0.354 e. The fraction of sp³-hybridized carbons (Fsp3) is 0.333. The van der Waals surface area contributed by atoms with Gasteiger partial charge < -0.3 is 10.2 Å². The van der Waals surface area contributed by atoms with Crippen LogP contribution < -0.4 is 9.62 Å². The van der Waals surface area contributed by atoms with Gasteiger partial charge in [0, 0.05) is 18.1 Å². The number of nitrogens with one attached hydrogen (secondary N) is 1. The topological polar surface area (TPSA) is 86.8 Å². The Hall–Kier alpha value is -3.36. The van der Waals surface area contributed by atoms with Gasteiger partial charge in [-0.15, -0.1) is 0 Å². The molecule has 0 saturated carbocycles. The number of carbonyl (C=O) groups is 2. The lowest BCUT2D eigenvalue weighted by Gasteiger charge is -2.33. The minimum atomic E-state index is -4.13. The van der Waals surface area contributed by atoms with Crippen LogP contribution in [0.4, 0.5) is 5.69 Å². The van der Waals surface area contributed by atoms with Gasteiger partial charge >= 0.3 is 0 Å². The number of halogens is 1. The van der Waals surface area contributed by atoms with Crippen molar-refractivity contribution in [3.05, 3.63) is 95.0 Å². The molecule has 0 radical (unpaired) electrons. The molecule has 0 spiro atoms. The highest BCUT2D eigenvalue weighted by atomic mass is 35.5. The van der Waals surface area contributed by atoms with E-state index >= 15 is 0 Å². The van der Waals surface area contributed by atoms with Crippen LogP contribution in [0.5, 0.6) is 0 Å². The molecule has 0 saturated heterocycles. The molecule has 0 aliphatic rings. The van der Waals surface area contributed by atoms with E-state index in [-0.39, 0.29) is 29.0 Å². The van der Waals surface area contributed by atoms with E-state index in [9.17, 15) is 18.0 Å². The minimum absolute atomic E-state index is 0.0459. The van der Waals surface area contributed by atoms with E-state index in [4.69, 9.17) is 11.6 Å². The maximum Gasteiger partial charge on any atom is 0.264 e. The molecule has 0 bridgehead atoms. The number of amides is 2. The van der Waals surface area contributed by atoms with E-state index in [1.165, 1.54) is 23.1 Å². The number of nitrogens with zero attached hydrogens (tertiary/aromatic N) is 2. The number of benzene rings is 3. The summed E-state index contributed by atoms with van der Waals surface area (Å²) in [5.74, 6) is -0.532. The summed E-state index contributed by atoms with van der Waals surface area (Å²) >= 11 is 6.21. The molecule has 1 atom stereocenters. The summed E-state index contributed by atoms with van der Waals surface area (Å²) in [5.41, 5.74) is 2.16. The second kappa shape index (κ2) is 13.6. The maximum absolute atomic E-state index is 14.0. The number of sulfonamides is 1. The Balaban J connectivity index is 2.03. The van der Waals surface area contributed by atoms with E-state index in [2.05, 4.69) is 5.32 Å². The van der Waals surface area contributed by atoms with Gasteiger partial charge in [0.25, 0.3) is 10.0 Å². The summed E-state index contributed by atoms with van der Waals surface area (Å²) in [4.78, 5) is 28.8. The van der Waals surface area contributed by atoms with Crippen molar-refractivity contribution in [2.45, 2.75) is 51.6 Å². The molecule has 9 heteroatoms. The first kappa shape index (κ1) is 30.2. The van der Waals surface area contributed by atoms with Crippen molar-refractivity contribution in [2.75, 3.05) is 17.4 Å². The third kappa shape index (κ3) is 8.07. The summed E-state index contributed by atoms with van der Waals surface area (Å²) in [6, 6.07) is 21.2. The summed E-state index contributed by atoms with van der Waals surface area (Å²) in [6.07, 6.45) is 0.365. The van der Waals surface area contributed by atoms with Gasteiger partial charge in [0.15, 0.2) is 0 Å². The molecule has 1 N–H and O–H groups in total. The Morgan fingerprint density at radius 2 is 1.62 bits per heavy atom. The highest BCUT2D eigenvalue weighted by molar-refractivity contribution is 7.92. The first-order valence-electron chi connectivity index (χ1n) is 13.0. The fourth-order valence-electron chi connectivity index (χ4n) is 4.11. The van der Waals surface area contributed by atoms with Crippen molar-refractivity contribution in [3.63, 3.8) is 0 Å². The summed E-state index contributed by atoms with van der Waals surface area (Å²) < 4.78 is 28.6. The summed E-state index contributed by atoms with van der Waals surface area (Å²) in [5, 5.41) is 3.27. The second-order valence-corrected chi connectivity index (χ2v) is 12.2. The Morgan fingerprint density at radius 3 is 2.21 bits per heavy atom. The van der Waals surface area contributed by atoms with Crippen molar-refractivity contribution in [1.82, 2.24) is 10.2 Å². The van der Waals surface area contributed by atoms with E-state index in [0.29, 0.717) is 18.0 Å². The van der Waals surface area contributed by atoms with Gasteiger partial charge in [-0.05, 0) is 55.2 Å². The molecule has 0 fully saturated rings. The maximum atomic E-state index is 14.0. The normalized spacial score (nSPS) is 12.2. The predicted molar refractivity (Wildman–Crippen MR) is 156 cm³/mol. The number of anilines is 1. The van der Waals surface area contributed by atoms with Crippen LogP contribution in [-0.2, 0) is 26.2 Å². The summed E-state index contributed by atoms with van der Waals surface area (Å²) in [6.45, 7) is 7.92. The molecule has 0 aliphatic carbocycles. The average Bonchev–Trinajstić information content (AvgIpc) is 2.91. The number of carbonyl (C=O) groups excluding carboxylic acids is 2. The number of hydrogen-bond acceptors (Lipinski definition) is 4. The van der Waals surface area contributed by atoms with Crippen molar-refractivity contribution in [2.24, 2.45) is 5.92 Å². The van der Waals surface area contributed by atoms with Crippen LogP contribution in [0.1, 0.15) is 38.3 Å². The molecule has 0 heterocycles. The second-order valence-electron chi connectivity index (χ2n) is 9.87. The molecule has 7 nitrogen and oxygen atoms in total. The van der Waals surface area contributed by atoms with E-state index < -0.39 is 28.5 Å². The SMILES string of the molecule is CC[C@@H](C(=O)NCC(C)C)N(Cc1ccc(C)cc1)C(=O)CN(c1cccc(Cl)c1)S(=O)(=O)c1ccccc1. The van der Waals surface area contributed by atoms with Gasteiger partial charge in [-0.25, -0.2) is 8.42 Å². The van der Waals surface area contributed by atoms with Crippen molar-refractivity contribution >= 4 is 39.1 Å². The van der Waals surface area contributed by atoms with Crippen LogP contribution in [-0.4, -0.2) is 44.3 Å². The van der Waals surface area contributed by atoms with Crippen LogP contribution in [0.25, 0.3) is 0 Å². The van der Waals surface area contributed by atoms with Crippen LogP contribution in [0.15, 0.2) is 83.8 Å². The first-order valence-corrected chi connectivity index (χ1v) is 14.8. The highest BCUT2D eigenvalue weighted by Gasteiger charge is 2.33. The number of aryl methyl sites for hydroxylation is 1. The first-order chi connectivity index (χ1) is 18.5. The smallest absolute Gasteiger partial charge is 0.264 e. The third-order valence-electron chi connectivity index (χ3n) is 6.25. The molecular formula is C30H36ClN3O4S. The number of rotatable bonds is 12. The quantitative estimate of drug-likeness (QED) is 0.315. The van der Waals surface area contributed by atoms with Gasteiger partial charge in [-0.1, -0.05) is 86.5 Å². The van der Waals surface area contributed by atoms with Gasteiger partial charge in [0.05, 0.1) is 10.6 Å². The molecule has 3 rings (SSSR count). The van der Waals surface area contributed by atoms with Gasteiger partial charge in [0.2, 0.25) is 11.8 Å². The fourth-order valence-corrected chi connectivity index (χ4v) is 5.72. The van der Waals surface area contributed by atoms with E-state index in [0.717, 1.165) is 15.4 Å². The predicted octanol–water partition coefficient (Wildman–Crippen LogP) is 5.42. The Kier molecular flexibility index (Phi) is 10.5. The van der Waals surface area contributed by atoms with Crippen molar-refractivity contribution in [3.8, 4) is 0 Å². The van der Waals surface area contributed by atoms with Crippen LogP contribution in [0.3, 0.4) is 0 Å². The zero-order chi connectivity index (χ0) is 28.6. The molecule has 0 aliphatic heterocycles. The van der Waals surface area contributed by atoms with Crippen LogP contribution in [0.2, 0.25) is 5.02 Å². The summed E-state index contributed by atoms with van der Waals surface area (Å²) in [7, 11) is -4.13. The van der Waals surface area contributed by atoms with Gasteiger partial charge in [-0.2, -0.15) is 0 Å². The van der Waals surface area contributed by atoms with E-state index in [1.807, 2.05) is 52.0 Å². The largest absolute Gasteiger partial charge is 0.354 e.